The van der Waals surface area contributed by atoms with E-state index in [9.17, 15) is 4.79 Å². The average molecular weight is 340 g/mol. The normalized spacial score (nSPS) is 24.1. The molecule has 1 amide bonds. The number of aromatic nitrogens is 3. The Morgan fingerprint density at radius 1 is 1.20 bits per heavy atom. The highest BCUT2D eigenvalue weighted by molar-refractivity contribution is 5.77. The summed E-state index contributed by atoms with van der Waals surface area (Å²) in [7, 11) is 2.15. The molecule has 4 rings (SSSR count). The minimum Gasteiger partial charge on any atom is -0.369 e. The molecule has 2 aliphatic rings. The molecule has 0 aromatic carbocycles. The van der Waals surface area contributed by atoms with Crippen molar-refractivity contribution in [3.05, 3.63) is 30.6 Å². The maximum atomic E-state index is 11.2. The van der Waals surface area contributed by atoms with E-state index in [1.54, 1.807) is 0 Å². The van der Waals surface area contributed by atoms with Gasteiger partial charge in [0.1, 0.15) is 5.82 Å². The van der Waals surface area contributed by atoms with Gasteiger partial charge in [-0.25, -0.2) is 4.98 Å². The highest BCUT2D eigenvalue weighted by Crippen LogP contribution is 2.37. The Kier molecular flexibility index (Phi) is 4.17. The molecule has 1 aliphatic heterocycles. The summed E-state index contributed by atoms with van der Waals surface area (Å²) in [6.45, 7) is 4.13. The number of piperazine rings is 1. The average Bonchev–Trinajstić information content (AvgIpc) is 3.03. The largest absolute Gasteiger partial charge is 0.369 e. The third-order valence-electron chi connectivity index (χ3n) is 5.35. The zero-order valence-corrected chi connectivity index (χ0v) is 14.5. The zero-order chi connectivity index (χ0) is 17.4. The minimum absolute atomic E-state index is 0.00339. The first kappa shape index (κ1) is 16.1. The van der Waals surface area contributed by atoms with Crippen LogP contribution in [-0.2, 0) is 4.79 Å². The molecule has 0 unspecified atom stereocenters. The highest BCUT2D eigenvalue weighted by atomic mass is 16.1. The second kappa shape index (κ2) is 6.48. The number of carbonyl (C=O) groups is 1. The fourth-order valence-corrected chi connectivity index (χ4v) is 3.50. The Hall–Kier alpha value is -2.41. The van der Waals surface area contributed by atoms with E-state index in [-0.39, 0.29) is 17.9 Å². The topological polar surface area (TPSA) is 80.3 Å². The van der Waals surface area contributed by atoms with Crippen molar-refractivity contribution in [1.82, 2.24) is 19.7 Å². The molecule has 2 aromatic heterocycles. The number of hydrogen-bond acceptors (Lipinski definition) is 5. The van der Waals surface area contributed by atoms with E-state index in [0.717, 1.165) is 56.1 Å². The number of hydrogen-bond donors (Lipinski definition) is 1. The first-order chi connectivity index (χ1) is 12.1. The lowest BCUT2D eigenvalue weighted by Gasteiger charge is -2.33. The Bertz CT molecular complexity index is 758. The zero-order valence-electron chi connectivity index (χ0n) is 14.5. The van der Waals surface area contributed by atoms with Gasteiger partial charge in [0.05, 0.1) is 17.9 Å². The monoisotopic (exact) mass is 340 g/mol. The molecular formula is C18H24N6O. The van der Waals surface area contributed by atoms with Gasteiger partial charge in [-0.2, -0.15) is 5.10 Å². The molecule has 7 heteroatoms. The van der Waals surface area contributed by atoms with Crippen LogP contribution in [-0.4, -0.2) is 58.8 Å². The summed E-state index contributed by atoms with van der Waals surface area (Å²) in [5, 5.41) is 4.46. The van der Waals surface area contributed by atoms with Gasteiger partial charge in [-0.15, -0.1) is 0 Å². The third kappa shape index (κ3) is 3.24. The number of primary amides is 1. The number of amides is 1. The van der Waals surface area contributed by atoms with Crippen molar-refractivity contribution >= 4 is 11.7 Å². The molecular weight excluding hydrogens is 316 g/mol. The summed E-state index contributed by atoms with van der Waals surface area (Å²) >= 11 is 0. The van der Waals surface area contributed by atoms with Crippen LogP contribution in [0.2, 0.25) is 0 Å². The SMILES string of the molecule is CN1CCN(c2cccc(-c3cnn([C@H]4C[C@H](C(N)=O)C4)c3)n2)CC1. The molecule has 0 atom stereocenters. The smallest absolute Gasteiger partial charge is 0.220 e. The fourth-order valence-electron chi connectivity index (χ4n) is 3.50. The van der Waals surface area contributed by atoms with E-state index in [4.69, 9.17) is 10.7 Å². The van der Waals surface area contributed by atoms with E-state index in [0.29, 0.717) is 0 Å². The van der Waals surface area contributed by atoms with Crippen molar-refractivity contribution in [3.8, 4) is 11.3 Å². The Balaban J connectivity index is 1.47. The second-order valence-corrected chi connectivity index (χ2v) is 7.10. The Morgan fingerprint density at radius 3 is 2.68 bits per heavy atom. The van der Waals surface area contributed by atoms with E-state index in [1.165, 1.54) is 0 Å². The van der Waals surface area contributed by atoms with Gasteiger partial charge in [0.15, 0.2) is 0 Å². The van der Waals surface area contributed by atoms with Gasteiger partial charge >= 0.3 is 0 Å². The van der Waals surface area contributed by atoms with E-state index in [1.807, 2.05) is 23.1 Å². The van der Waals surface area contributed by atoms with E-state index >= 15 is 0 Å². The Morgan fingerprint density at radius 2 is 1.96 bits per heavy atom. The van der Waals surface area contributed by atoms with E-state index < -0.39 is 0 Å². The van der Waals surface area contributed by atoms with Crippen molar-refractivity contribution in [3.63, 3.8) is 0 Å². The minimum atomic E-state index is -0.204. The number of anilines is 1. The lowest BCUT2D eigenvalue weighted by atomic mass is 9.80. The molecule has 1 saturated carbocycles. The first-order valence-corrected chi connectivity index (χ1v) is 8.84. The molecule has 2 aromatic rings. The van der Waals surface area contributed by atoms with Gasteiger partial charge in [0, 0.05) is 43.9 Å². The van der Waals surface area contributed by atoms with Gasteiger partial charge in [-0.3, -0.25) is 9.48 Å². The van der Waals surface area contributed by atoms with Gasteiger partial charge < -0.3 is 15.5 Å². The van der Waals surface area contributed by atoms with Gasteiger partial charge in [-0.1, -0.05) is 6.07 Å². The summed E-state index contributed by atoms with van der Waals surface area (Å²) in [5.74, 6) is 0.817. The van der Waals surface area contributed by atoms with Crippen molar-refractivity contribution in [2.75, 3.05) is 38.1 Å². The number of pyridine rings is 1. The van der Waals surface area contributed by atoms with Crippen LogP contribution in [0, 0.1) is 5.92 Å². The van der Waals surface area contributed by atoms with Crippen LogP contribution < -0.4 is 10.6 Å². The van der Waals surface area contributed by atoms with Crippen LogP contribution >= 0.6 is 0 Å². The second-order valence-electron chi connectivity index (χ2n) is 7.10. The van der Waals surface area contributed by atoms with Crippen LogP contribution in [0.4, 0.5) is 5.82 Å². The van der Waals surface area contributed by atoms with Crippen LogP contribution in [0.1, 0.15) is 18.9 Å². The molecule has 7 nitrogen and oxygen atoms in total. The maximum Gasteiger partial charge on any atom is 0.220 e. The number of rotatable bonds is 4. The molecule has 0 radical (unpaired) electrons. The van der Waals surface area contributed by atoms with Crippen LogP contribution in [0.25, 0.3) is 11.3 Å². The standard InChI is InChI=1S/C18H24N6O/c1-22-5-7-23(8-6-22)17-4-2-3-16(21-17)14-11-20-24(12-14)15-9-13(10-15)18(19)25/h2-4,11-13,15H,5-10H2,1H3,(H2,19,25)/t13-,15-. The summed E-state index contributed by atoms with van der Waals surface area (Å²) in [6.07, 6.45) is 5.45. The number of nitrogens with zero attached hydrogens (tertiary/aromatic N) is 5. The van der Waals surface area contributed by atoms with Crippen molar-refractivity contribution < 1.29 is 4.79 Å². The van der Waals surface area contributed by atoms with Gasteiger partial charge in [-0.05, 0) is 32.0 Å². The third-order valence-corrected chi connectivity index (χ3v) is 5.35. The first-order valence-electron chi connectivity index (χ1n) is 8.84. The van der Waals surface area contributed by atoms with Gasteiger partial charge in [0.2, 0.25) is 5.91 Å². The fraction of sp³-hybridized carbons (Fsp3) is 0.500. The summed E-state index contributed by atoms with van der Waals surface area (Å²) in [5.41, 5.74) is 7.30. The highest BCUT2D eigenvalue weighted by Gasteiger charge is 2.34. The van der Waals surface area contributed by atoms with Crippen molar-refractivity contribution in [2.24, 2.45) is 11.7 Å². The predicted molar refractivity (Wildman–Crippen MR) is 96.1 cm³/mol. The van der Waals surface area contributed by atoms with Crippen molar-refractivity contribution in [2.45, 2.75) is 18.9 Å². The molecule has 0 spiro atoms. The van der Waals surface area contributed by atoms with Crippen molar-refractivity contribution in [1.29, 1.82) is 0 Å². The lowest BCUT2D eigenvalue weighted by Crippen LogP contribution is -2.44. The summed E-state index contributed by atoms with van der Waals surface area (Å²) in [6, 6.07) is 6.42. The number of carbonyl (C=O) groups excluding carboxylic acids is 1. The molecule has 2 fully saturated rings. The molecule has 132 valence electrons. The quantitative estimate of drug-likeness (QED) is 0.902. The van der Waals surface area contributed by atoms with Crippen LogP contribution in [0.3, 0.4) is 0 Å². The van der Waals surface area contributed by atoms with Crippen LogP contribution in [0.15, 0.2) is 30.6 Å². The molecule has 0 bridgehead atoms. The number of likely N-dealkylation sites (N-methyl/N-ethyl adjacent to an activating group) is 1. The number of nitrogens with two attached hydrogens (primary N) is 1. The summed E-state index contributed by atoms with van der Waals surface area (Å²) in [4.78, 5) is 20.7. The van der Waals surface area contributed by atoms with Gasteiger partial charge in [0.25, 0.3) is 0 Å². The molecule has 25 heavy (non-hydrogen) atoms. The summed E-state index contributed by atoms with van der Waals surface area (Å²) < 4.78 is 1.94. The molecule has 2 N–H and O–H groups in total. The molecule has 1 aliphatic carbocycles. The Labute approximate surface area is 147 Å². The van der Waals surface area contributed by atoms with E-state index in [2.05, 4.69) is 34.1 Å². The molecule has 3 heterocycles. The maximum absolute atomic E-state index is 11.2. The lowest BCUT2D eigenvalue weighted by molar-refractivity contribution is -0.125. The predicted octanol–water partition coefficient (Wildman–Crippen LogP) is 1.13. The molecule has 1 saturated heterocycles. The van der Waals surface area contributed by atoms with Crippen LogP contribution in [0.5, 0.6) is 0 Å².